The van der Waals surface area contributed by atoms with Crippen molar-refractivity contribution in [1.82, 2.24) is 11.0 Å². The first kappa shape index (κ1) is 15.2. The molecule has 110 valence electrons. The van der Waals surface area contributed by atoms with Crippen LogP contribution < -0.4 is 15.9 Å². The highest BCUT2D eigenvalue weighted by atomic mass is 16.7. The van der Waals surface area contributed by atoms with Crippen LogP contribution in [0.25, 0.3) is 0 Å². The van der Waals surface area contributed by atoms with Gasteiger partial charge >= 0.3 is 0 Å². The van der Waals surface area contributed by atoms with E-state index in [4.69, 9.17) is 4.84 Å². The molecular weight excluding hydrogens is 268 g/mol. The first-order valence-corrected chi connectivity index (χ1v) is 6.65. The summed E-state index contributed by atoms with van der Waals surface area (Å²) >= 11 is 0. The van der Waals surface area contributed by atoms with Crippen molar-refractivity contribution in [2.75, 3.05) is 6.61 Å². The second-order valence-corrected chi connectivity index (χ2v) is 4.57. The molecule has 0 aliphatic rings. The molecule has 0 fully saturated rings. The van der Waals surface area contributed by atoms with Gasteiger partial charge in [-0.3, -0.25) is 4.79 Å². The molecule has 2 rings (SSSR count). The molecule has 0 aliphatic heterocycles. The zero-order chi connectivity index (χ0) is 15.1. The van der Waals surface area contributed by atoms with E-state index in [1.54, 1.807) is 24.3 Å². The van der Waals surface area contributed by atoms with Crippen molar-refractivity contribution in [2.24, 2.45) is 0 Å². The number of hydrogen-bond acceptors (Lipinski definition) is 5. The van der Waals surface area contributed by atoms with Crippen LogP contribution in [0.2, 0.25) is 0 Å². The van der Waals surface area contributed by atoms with Crippen molar-refractivity contribution in [1.29, 1.82) is 0 Å². The van der Waals surface area contributed by atoms with E-state index in [1.807, 2.05) is 30.3 Å². The van der Waals surface area contributed by atoms with Gasteiger partial charge in [0.15, 0.2) is 5.78 Å². The van der Waals surface area contributed by atoms with Crippen LogP contribution in [0.5, 0.6) is 5.75 Å². The first-order valence-electron chi connectivity index (χ1n) is 6.65. The Kier molecular flexibility index (Phi) is 5.45. The van der Waals surface area contributed by atoms with Crippen LogP contribution >= 0.6 is 0 Å². The molecule has 3 N–H and O–H groups in total. The average Bonchev–Trinajstić information content (AvgIpc) is 2.53. The Balaban J connectivity index is 1.87. The fourth-order valence-corrected chi connectivity index (χ4v) is 1.84. The van der Waals surface area contributed by atoms with Crippen LogP contribution in [0.15, 0.2) is 54.6 Å². The van der Waals surface area contributed by atoms with E-state index in [0.29, 0.717) is 11.3 Å². The van der Waals surface area contributed by atoms with Crippen molar-refractivity contribution in [3.05, 3.63) is 65.7 Å². The van der Waals surface area contributed by atoms with E-state index in [-0.39, 0.29) is 18.4 Å². The van der Waals surface area contributed by atoms with Crippen molar-refractivity contribution in [3.8, 4) is 5.75 Å². The zero-order valence-electron chi connectivity index (χ0n) is 11.7. The fourth-order valence-electron chi connectivity index (χ4n) is 1.84. The number of nitrogens with one attached hydrogen (secondary N) is 2. The molecule has 5 nitrogen and oxygen atoms in total. The minimum atomic E-state index is -0.275. The molecule has 21 heavy (non-hydrogen) atoms. The molecule has 2 aromatic carbocycles. The van der Waals surface area contributed by atoms with Crippen molar-refractivity contribution >= 4 is 5.78 Å². The molecule has 0 saturated heterocycles. The molecule has 1 atom stereocenters. The quantitative estimate of drug-likeness (QED) is 0.536. The summed E-state index contributed by atoms with van der Waals surface area (Å²) in [7, 11) is 0. The monoisotopic (exact) mass is 286 g/mol. The molecular formula is C16H18N2O3. The van der Waals surface area contributed by atoms with Gasteiger partial charge in [0.2, 0.25) is 0 Å². The van der Waals surface area contributed by atoms with Gasteiger partial charge in [-0.15, -0.1) is 0 Å². The number of aliphatic hydroxyl groups is 1. The van der Waals surface area contributed by atoms with Gasteiger partial charge in [-0.1, -0.05) is 35.9 Å². The Labute approximate surface area is 123 Å². The van der Waals surface area contributed by atoms with Crippen LogP contribution in [-0.2, 0) is 0 Å². The molecule has 0 saturated carbocycles. The maximum absolute atomic E-state index is 11.2. The summed E-state index contributed by atoms with van der Waals surface area (Å²) in [6, 6.07) is 16.1. The SMILES string of the molecule is CC(=O)c1ccc(ONNC(CO)c2ccccc2)cc1. The molecule has 0 amide bonds. The lowest BCUT2D eigenvalue weighted by atomic mass is 10.1. The highest BCUT2D eigenvalue weighted by Crippen LogP contribution is 2.13. The summed E-state index contributed by atoms with van der Waals surface area (Å²) < 4.78 is 0. The van der Waals surface area contributed by atoms with E-state index in [1.165, 1.54) is 6.92 Å². The summed E-state index contributed by atoms with van der Waals surface area (Å²) in [6.07, 6.45) is 0. The summed E-state index contributed by atoms with van der Waals surface area (Å²) in [6.45, 7) is 1.45. The van der Waals surface area contributed by atoms with Gasteiger partial charge < -0.3 is 9.94 Å². The lowest BCUT2D eigenvalue weighted by molar-refractivity contribution is 0.101. The number of hydrogen-bond donors (Lipinski definition) is 3. The largest absolute Gasteiger partial charge is 0.394 e. The predicted octanol–water partition coefficient (Wildman–Crippen LogP) is 2.01. The Bertz CT molecular complexity index is 570. The molecule has 0 radical (unpaired) electrons. The lowest BCUT2D eigenvalue weighted by Crippen LogP contribution is -2.39. The van der Waals surface area contributed by atoms with Crippen LogP contribution in [0.3, 0.4) is 0 Å². The Hall–Kier alpha value is -2.21. The van der Waals surface area contributed by atoms with Gasteiger partial charge in [0.25, 0.3) is 0 Å². The number of Topliss-reactive ketones (excluding diaryl/α,β-unsaturated/α-hetero) is 1. The second-order valence-electron chi connectivity index (χ2n) is 4.57. The Morgan fingerprint density at radius 1 is 1.14 bits per heavy atom. The number of carbonyl (C=O) groups is 1. The second kappa shape index (κ2) is 7.54. The van der Waals surface area contributed by atoms with Gasteiger partial charge in [0, 0.05) is 5.56 Å². The molecule has 2 aromatic rings. The van der Waals surface area contributed by atoms with E-state index < -0.39 is 0 Å². The van der Waals surface area contributed by atoms with Gasteiger partial charge in [-0.05, 0) is 36.8 Å². The maximum atomic E-state index is 11.2. The highest BCUT2D eigenvalue weighted by molar-refractivity contribution is 5.94. The van der Waals surface area contributed by atoms with E-state index in [0.717, 1.165) is 5.56 Å². The number of ketones is 1. The van der Waals surface area contributed by atoms with Crippen LogP contribution in [0.1, 0.15) is 28.9 Å². The Morgan fingerprint density at radius 3 is 2.38 bits per heavy atom. The third kappa shape index (κ3) is 4.39. The summed E-state index contributed by atoms with van der Waals surface area (Å²) in [5.74, 6) is 0.578. The van der Waals surface area contributed by atoms with Gasteiger partial charge in [0.05, 0.1) is 12.6 Å². The van der Waals surface area contributed by atoms with Gasteiger partial charge in [-0.2, -0.15) is 0 Å². The number of aliphatic hydroxyl groups excluding tert-OH is 1. The Morgan fingerprint density at radius 2 is 1.81 bits per heavy atom. The minimum Gasteiger partial charge on any atom is -0.394 e. The third-order valence-corrected chi connectivity index (χ3v) is 3.05. The molecule has 1 unspecified atom stereocenters. The predicted molar refractivity (Wildman–Crippen MR) is 79.6 cm³/mol. The van der Waals surface area contributed by atoms with E-state index >= 15 is 0 Å². The van der Waals surface area contributed by atoms with Gasteiger partial charge in [-0.25, -0.2) is 5.43 Å². The average molecular weight is 286 g/mol. The van der Waals surface area contributed by atoms with Crippen molar-refractivity contribution in [3.63, 3.8) is 0 Å². The zero-order valence-corrected chi connectivity index (χ0v) is 11.7. The number of carbonyl (C=O) groups excluding carboxylic acids is 1. The molecule has 0 spiro atoms. The summed E-state index contributed by atoms with van der Waals surface area (Å²) in [5, 5.41) is 9.38. The van der Waals surface area contributed by atoms with Crippen molar-refractivity contribution < 1.29 is 14.7 Å². The van der Waals surface area contributed by atoms with Crippen LogP contribution in [0, 0.1) is 0 Å². The summed E-state index contributed by atoms with van der Waals surface area (Å²) in [4.78, 5) is 16.5. The molecule has 0 aliphatic carbocycles. The van der Waals surface area contributed by atoms with Crippen LogP contribution in [-0.4, -0.2) is 17.5 Å². The third-order valence-electron chi connectivity index (χ3n) is 3.05. The molecule has 5 heteroatoms. The standard InChI is InChI=1S/C16H18N2O3/c1-12(20)13-7-9-15(10-8-13)21-18-17-16(11-19)14-5-3-2-4-6-14/h2-10,16-19H,11H2,1H3. The molecule has 0 heterocycles. The molecule has 0 aromatic heterocycles. The normalized spacial score (nSPS) is 11.9. The first-order chi connectivity index (χ1) is 10.2. The van der Waals surface area contributed by atoms with Crippen LogP contribution in [0.4, 0.5) is 0 Å². The highest BCUT2D eigenvalue weighted by Gasteiger charge is 2.08. The minimum absolute atomic E-state index is 0.0112. The summed E-state index contributed by atoms with van der Waals surface area (Å²) in [5.41, 5.74) is 7.07. The van der Waals surface area contributed by atoms with Crippen molar-refractivity contribution in [2.45, 2.75) is 13.0 Å². The van der Waals surface area contributed by atoms with Gasteiger partial charge in [0.1, 0.15) is 5.75 Å². The van der Waals surface area contributed by atoms with E-state index in [2.05, 4.69) is 11.0 Å². The van der Waals surface area contributed by atoms with E-state index in [9.17, 15) is 9.90 Å². The fraction of sp³-hybridized carbons (Fsp3) is 0.188. The number of rotatable bonds is 7. The number of hydrazine groups is 1. The maximum Gasteiger partial charge on any atom is 0.159 e. The molecule has 0 bridgehead atoms. The lowest BCUT2D eigenvalue weighted by Gasteiger charge is -2.17. The smallest absolute Gasteiger partial charge is 0.159 e. The topological polar surface area (TPSA) is 70.6 Å². The number of benzene rings is 2.